The highest BCUT2D eigenvalue weighted by molar-refractivity contribution is 5.89. The summed E-state index contributed by atoms with van der Waals surface area (Å²) < 4.78 is 6.27. The van der Waals surface area contributed by atoms with Gasteiger partial charge in [-0.3, -0.25) is 0 Å². The maximum Gasteiger partial charge on any atom is 0.137 e. The zero-order valence-electron chi connectivity index (χ0n) is 14.3. The summed E-state index contributed by atoms with van der Waals surface area (Å²) in [7, 11) is 0. The minimum Gasteiger partial charge on any atom is -0.459 e. The van der Waals surface area contributed by atoms with E-state index in [2.05, 4.69) is 59.0 Å². The number of aryl methyl sites for hydroxylation is 1. The third-order valence-corrected chi connectivity index (χ3v) is 4.09. The largest absolute Gasteiger partial charge is 0.459 e. The van der Waals surface area contributed by atoms with Gasteiger partial charge >= 0.3 is 0 Å². The highest BCUT2D eigenvalue weighted by Crippen LogP contribution is 2.38. The first kappa shape index (κ1) is 16.1. The third kappa shape index (κ3) is 3.16. The third-order valence-electron chi connectivity index (χ3n) is 4.09. The van der Waals surface area contributed by atoms with Gasteiger partial charge in [-0.1, -0.05) is 46.8 Å². The fourth-order valence-electron chi connectivity index (χ4n) is 3.03. The van der Waals surface area contributed by atoms with Gasteiger partial charge in [0.05, 0.1) is 6.54 Å². The molecule has 116 valence electrons. The molecule has 0 aliphatic heterocycles. The van der Waals surface area contributed by atoms with Crippen molar-refractivity contribution >= 4 is 11.0 Å². The van der Waals surface area contributed by atoms with Crippen LogP contribution in [0.1, 0.15) is 75.3 Å². The monoisotopic (exact) mass is 287 g/mol. The van der Waals surface area contributed by atoms with Gasteiger partial charge < -0.3 is 9.73 Å². The standard InChI is InChI=1S/C19H29NO/c1-7-10-20-11-16-17(13(4)5)18-15(12(2)3)9-8-14(6)19(18)21-16/h8-9,12-13,20H,7,10-11H2,1-6H3. The molecule has 0 radical (unpaired) electrons. The molecule has 0 aliphatic carbocycles. The van der Waals surface area contributed by atoms with Crippen LogP contribution in [0.3, 0.4) is 0 Å². The number of rotatable bonds is 6. The Morgan fingerprint density at radius 1 is 1.10 bits per heavy atom. The van der Waals surface area contributed by atoms with Crippen LogP contribution in [0.5, 0.6) is 0 Å². The second-order valence-electron chi connectivity index (χ2n) is 6.60. The molecule has 0 amide bonds. The van der Waals surface area contributed by atoms with E-state index in [1.807, 2.05) is 0 Å². The van der Waals surface area contributed by atoms with Crippen LogP contribution >= 0.6 is 0 Å². The molecule has 0 aliphatic rings. The van der Waals surface area contributed by atoms with E-state index in [0.29, 0.717) is 11.8 Å². The summed E-state index contributed by atoms with van der Waals surface area (Å²) in [4.78, 5) is 0. The molecule has 2 rings (SSSR count). The topological polar surface area (TPSA) is 25.2 Å². The lowest BCUT2D eigenvalue weighted by atomic mass is 9.90. The van der Waals surface area contributed by atoms with Gasteiger partial charge in [0.15, 0.2) is 0 Å². The van der Waals surface area contributed by atoms with Crippen molar-refractivity contribution in [1.29, 1.82) is 0 Å². The van der Waals surface area contributed by atoms with E-state index in [1.165, 1.54) is 22.1 Å². The Morgan fingerprint density at radius 2 is 1.81 bits per heavy atom. The summed E-state index contributed by atoms with van der Waals surface area (Å²) in [5.74, 6) is 2.10. The first-order valence-corrected chi connectivity index (χ1v) is 8.22. The normalized spacial score (nSPS) is 12.0. The van der Waals surface area contributed by atoms with E-state index in [0.717, 1.165) is 30.9 Å². The molecule has 21 heavy (non-hydrogen) atoms. The maximum atomic E-state index is 6.27. The average Bonchev–Trinajstić information content (AvgIpc) is 2.79. The molecule has 2 nitrogen and oxygen atoms in total. The van der Waals surface area contributed by atoms with Gasteiger partial charge in [-0.05, 0) is 42.9 Å². The molecule has 1 N–H and O–H groups in total. The van der Waals surface area contributed by atoms with Gasteiger partial charge in [0.2, 0.25) is 0 Å². The van der Waals surface area contributed by atoms with Crippen molar-refractivity contribution in [1.82, 2.24) is 5.32 Å². The van der Waals surface area contributed by atoms with Crippen molar-refractivity contribution in [2.75, 3.05) is 6.54 Å². The molecule has 1 aromatic heterocycles. The molecule has 0 unspecified atom stereocenters. The van der Waals surface area contributed by atoms with Gasteiger partial charge in [0.25, 0.3) is 0 Å². The smallest absolute Gasteiger partial charge is 0.137 e. The molecule has 1 heterocycles. The van der Waals surface area contributed by atoms with Crippen LogP contribution in [-0.2, 0) is 6.54 Å². The van der Waals surface area contributed by atoms with Crippen LogP contribution in [-0.4, -0.2) is 6.54 Å². The molecular weight excluding hydrogens is 258 g/mol. The number of furan rings is 1. The molecule has 0 atom stereocenters. The van der Waals surface area contributed by atoms with Gasteiger partial charge in [0, 0.05) is 10.9 Å². The van der Waals surface area contributed by atoms with Crippen molar-refractivity contribution in [2.24, 2.45) is 0 Å². The Balaban J connectivity index is 2.62. The summed E-state index contributed by atoms with van der Waals surface area (Å²) in [6.07, 6.45) is 1.15. The first-order valence-electron chi connectivity index (χ1n) is 8.22. The van der Waals surface area contributed by atoms with Gasteiger partial charge in [-0.15, -0.1) is 0 Å². The number of fused-ring (bicyclic) bond motifs is 1. The SMILES string of the molecule is CCCNCc1oc2c(C)ccc(C(C)C)c2c1C(C)C. The number of benzene rings is 1. The van der Waals surface area contributed by atoms with E-state index < -0.39 is 0 Å². The van der Waals surface area contributed by atoms with E-state index in [9.17, 15) is 0 Å². The van der Waals surface area contributed by atoms with E-state index in [1.54, 1.807) is 0 Å². The zero-order valence-corrected chi connectivity index (χ0v) is 14.3. The van der Waals surface area contributed by atoms with Crippen LogP contribution < -0.4 is 5.32 Å². The summed E-state index contributed by atoms with van der Waals surface area (Å²) in [6.45, 7) is 15.2. The lowest BCUT2D eigenvalue weighted by Crippen LogP contribution is -2.14. The van der Waals surface area contributed by atoms with Gasteiger partial charge in [-0.25, -0.2) is 0 Å². The summed E-state index contributed by atoms with van der Waals surface area (Å²) in [5.41, 5.74) is 5.11. The van der Waals surface area contributed by atoms with Crippen molar-refractivity contribution in [3.8, 4) is 0 Å². The van der Waals surface area contributed by atoms with Gasteiger partial charge in [0.1, 0.15) is 11.3 Å². The van der Waals surface area contributed by atoms with Crippen molar-refractivity contribution in [2.45, 2.75) is 66.3 Å². The Labute approximate surface area is 128 Å². The summed E-state index contributed by atoms with van der Waals surface area (Å²) in [5, 5.41) is 4.84. The van der Waals surface area contributed by atoms with Crippen LogP contribution in [0, 0.1) is 6.92 Å². The first-order chi connectivity index (χ1) is 9.97. The second kappa shape index (κ2) is 6.65. The Bertz CT molecular complexity index is 608. The fraction of sp³-hybridized carbons (Fsp3) is 0.579. The highest BCUT2D eigenvalue weighted by Gasteiger charge is 2.21. The molecule has 0 bridgehead atoms. The Kier molecular flexibility index (Phi) is 5.10. The van der Waals surface area contributed by atoms with Crippen LogP contribution in [0.15, 0.2) is 16.5 Å². The highest BCUT2D eigenvalue weighted by atomic mass is 16.3. The molecule has 0 fully saturated rings. The average molecular weight is 287 g/mol. The van der Waals surface area contributed by atoms with E-state index in [4.69, 9.17) is 4.42 Å². The van der Waals surface area contributed by atoms with Crippen LogP contribution in [0.4, 0.5) is 0 Å². The molecule has 2 aromatic rings. The Hall–Kier alpha value is -1.28. The predicted octanol–water partition coefficient (Wildman–Crippen LogP) is 5.49. The van der Waals surface area contributed by atoms with Crippen LogP contribution in [0.25, 0.3) is 11.0 Å². The predicted molar refractivity (Wildman–Crippen MR) is 91.1 cm³/mol. The molecule has 0 spiro atoms. The van der Waals surface area contributed by atoms with Gasteiger partial charge in [-0.2, -0.15) is 0 Å². The minimum absolute atomic E-state index is 0.476. The van der Waals surface area contributed by atoms with E-state index in [-0.39, 0.29) is 0 Å². The molecule has 0 saturated heterocycles. The van der Waals surface area contributed by atoms with Crippen LogP contribution in [0.2, 0.25) is 0 Å². The Morgan fingerprint density at radius 3 is 2.38 bits per heavy atom. The van der Waals surface area contributed by atoms with E-state index >= 15 is 0 Å². The molecular formula is C19H29NO. The van der Waals surface area contributed by atoms with Crippen molar-refractivity contribution in [3.05, 3.63) is 34.6 Å². The summed E-state index contributed by atoms with van der Waals surface area (Å²) >= 11 is 0. The molecule has 1 aromatic carbocycles. The summed E-state index contributed by atoms with van der Waals surface area (Å²) in [6, 6.07) is 4.46. The van der Waals surface area contributed by atoms with Crippen molar-refractivity contribution < 1.29 is 4.42 Å². The zero-order chi connectivity index (χ0) is 15.6. The van der Waals surface area contributed by atoms with Crippen molar-refractivity contribution in [3.63, 3.8) is 0 Å². The quantitative estimate of drug-likeness (QED) is 0.711. The molecule has 0 saturated carbocycles. The number of nitrogens with one attached hydrogen (secondary N) is 1. The number of hydrogen-bond acceptors (Lipinski definition) is 2. The lowest BCUT2D eigenvalue weighted by molar-refractivity contribution is 0.503. The number of hydrogen-bond donors (Lipinski definition) is 1. The lowest BCUT2D eigenvalue weighted by Gasteiger charge is -2.12. The second-order valence-corrected chi connectivity index (χ2v) is 6.60. The minimum atomic E-state index is 0.476. The fourth-order valence-corrected chi connectivity index (χ4v) is 3.03. The maximum absolute atomic E-state index is 6.27. The molecule has 2 heteroatoms.